The van der Waals surface area contributed by atoms with Crippen molar-refractivity contribution in [2.75, 3.05) is 16.8 Å². The minimum Gasteiger partial charge on any atom is -0.360 e. The molecule has 2 amide bonds. The highest BCUT2D eigenvalue weighted by Crippen LogP contribution is 2.29. The van der Waals surface area contributed by atoms with E-state index >= 15 is 0 Å². The Labute approximate surface area is 134 Å². The number of carbonyl (C=O) groups excluding carboxylic acids is 2. The molecule has 0 radical (unpaired) electrons. The number of rotatable bonds is 4. The van der Waals surface area contributed by atoms with Crippen molar-refractivity contribution in [3.63, 3.8) is 0 Å². The third-order valence-electron chi connectivity index (χ3n) is 4.04. The van der Waals surface area contributed by atoms with Crippen molar-refractivity contribution < 1.29 is 14.1 Å². The van der Waals surface area contributed by atoms with Gasteiger partial charge in [-0.1, -0.05) is 30.3 Å². The molecule has 6 heteroatoms. The summed E-state index contributed by atoms with van der Waals surface area (Å²) in [5, 5.41) is 6.45. The van der Waals surface area contributed by atoms with Gasteiger partial charge in [0.2, 0.25) is 11.8 Å². The molecule has 23 heavy (non-hydrogen) atoms. The lowest BCUT2D eigenvalue weighted by molar-refractivity contribution is -0.122. The van der Waals surface area contributed by atoms with E-state index in [1.165, 1.54) is 0 Å². The van der Waals surface area contributed by atoms with E-state index in [0.717, 1.165) is 17.7 Å². The van der Waals surface area contributed by atoms with Crippen molar-refractivity contribution >= 4 is 23.3 Å². The summed E-state index contributed by atoms with van der Waals surface area (Å²) in [7, 11) is 0. The monoisotopic (exact) mass is 313 g/mol. The zero-order chi connectivity index (χ0) is 16.4. The number of hydrogen-bond donors (Lipinski definition) is 1. The zero-order valence-corrected chi connectivity index (χ0v) is 13.2. The quantitative estimate of drug-likeness (QED) is 0.941. The molecule has 1 fully saturated rings. The Morgan fingerprint density at radius 1 is 1.43 bits per heavy atom. The molecule has 120 valence electrons. The molecule has 1 aliphatic rings. The molecule has 1 N–H and O–H groups in total. The molecule has 6 nitrogen and oxygen atoms in total. The van der Waals surface area contributed by atoms with Crippen LogP contribution in [0.4, 0.5) is 11.5 Å². The van der Waals surface area contributed by atoms with Gasteiger partial charge in [-0.3, -0.25) is 9.59 Å². The summed E-state index contributed by atoms with van der Waals surface area (Å²) in [5.41, 5.74) is 2.00. The van der Waals surface area contributed by atoms with Crippen molar-refractivity contribution in [1.29, 1.82) is 0 Å². The molecule has 1 atom stereocenters. The first kappa shape index (κ1) is 15.3. The van der Waals surface area contributed by atoms with Gasteiger partial charge in [0.05, 0.1) is 5.92 Å². The van der Waals surface area contributed by atoms with E-state index in [2.05, 4.69) is 17.4 Å². The van der Waals surface area contributed by atoms with Gasteiger partial charge in [0.1, 0.15) is 5.76 Å². The molecule has 1 aromatic heterocycles. The minimum atomic E-state index is -0.385. The molecule has 3 rings (SSSR count). The molecular formula is C17H19N3O3. The number of anilines is 2. The van der Waals surface area contributed by atoms with Crippen molar-refractivity contribution in [2.24, 2.45) is 5.92 Å². The highest BCUT2D eigenvalue weighted by atomic mass is 16.5. The molecule has 2 heterocycles. The van der Waals surface area contributed by atoms with Gasteiger partial charge >= 0.3 is 0 Å². The third kappa shape index (κ3) is 3.11. The van der Waals surface area contributed by atoms with Crippen LogP contribution in [0.3, 0.4) is 0 Å². The van der Waals surface area contributed by atoms with Crippen LogP contribution in [-0.4, -0.2) is 23.5 Å². The van der Waals surface area contributed by atoms with E-state index < -0.39 is 0 Å². The van der Waals surface area contributed by atoms with Crippen LogP contribution in [-0.2, 0) is 16.0 Å². The van der Waals surface area contributed by atoms with Crippen molar-refractivity contribution in [3.05, 3.63) is 41.7 Å². The van der Waals surface area contributed by atoms with Crippen LogP contribution in [0.2, 0.25) is 0 Å². The predicted octanol–water partition coefficient (Wildman–Crippen LogP) is 2.54. The summed E-state index contributed by atoms with van der Waals surface area (Å²) in [6.07, 6.45) is 1.05. The van der Waals surface area contributed by atoms with Gasteiger partial charge in [-0.05, 0) is 25.0 Å². The highest BCUT2D eigenvalue weighted by Gasteiger charge is 2.36. The van der Waals surface area contributed by atoms with E-state index in [1.54, 1.807) is 17.9 Å². The molecule has 1 aliphatic heterocycles. The zero-order valence-electron chi connectivity index (χ0n) is 13.2. The Hall–Kier alpha value is -2.63. The first-order valence-electron chi connectivity index (χ1n) is 7.71. The number of carbonyl (C=O) groups is 2. The standard InChI is InChI=1S/C17H19N3O3/c1-3-12-6-4-5-7-14(12)20-10-13(9-16(20)21)17(22)18-15-8-11(2)23-19-15/h4-8,13H,3,9-10H2,1-2H3,(H,18,19,22)/t13-/m0/s1. The van der Waals surface area contributed by atoms with Crippen LogP contribution in [0.25, 0.3) is 0 Å². The molecule has 0 spiro atoms. The molecule has 2 aromatic rings. The van der Waals surface area contributed by atoms with Crippen LogP contribution in [0.15, 0.2) is 34.9 Å². The lowest BCUT2D eigenvalue weighted by Crippen LogP contribution is -2.28. The first-order valence-corrected chi connectivity index (χ1v) is 7.71. The summed E-state index contributed by atoms with van der Waals surface area (Å²) in [6, 6.07) is 9.46. The average molecular weight is 313 g/mol. The topological polar surface area (TPSA) is 75.4 Å². The smallest absolute Gasteiger partial charge is 0.231 e. The van der Waals surface area contributed by atoms with Gasteiger partial charge < -0.3 is 14.7 Å². The van der Waals surface area contributed by atoms with Crippen molar-refractivity contribution in [2.45, 2.75) is 26.7 Å². The molecule has 0 saturated carbocycles. The van der Waals surface area contributed by atoms with Gasteiger partial charge in [0, 0.05) is 24.7 Å². The first-order chi connectivity index (χ1) is 11.1. The Morgan fingerprint density at radius 2 is 2.22 bits per heavy atom. The minimum absolute atomic E-state index is 0.0256. The maximum Gasteiger partial charge on any atom is 0.231 e. The number of aromatic nitrogens is 1. The summed E-state index contributed by atoms with van der Waals surface area (Å²) in [6.45, 7) is 4.19. The maximum absolute atomic E-state index is 12.3. The SMILES string of the molecule is CCc1ccccc1N1C[C@@H](C(=O)Nc2cc(C)on2)CC1=O. The fourth-order valence-corrected chi connectivity index (χ4v) is 2.84. The lowest BCUT2D eigenvalue weighted by Gasteiger charge is -2.19. The second kappa shape index (κ2) is 6.24. The number of benzene rings is 1. The predicted molar refractivity (Wildman–Crippen MR) is 86.1 cm³/mol. The summed E-state index contributed by atoms with van der Waals surface area (Å²) >= 11 is 0. The fraction of sp³-hybridized carbons (Fsp3) is 0.353. The summed E-state index contributed by atoms with van der Waals surface area (Å²) < 4.78 is 4.93. The van der Waals surface area contributed by atoms with Gasteiger partial charge in [-0.2, -0.15) is 0 Å². The molecule has 1 aromatic carbocycles. The Balaban J connectivity index is 1.73. The molecule has 0 unspecified atom stereocenters. The average Bonchev–Trinajstić information content (AvgIpc) is 3.13. The lowest BCUT2D eigenvalue weighted by atomic mass is 10.1. The second-order valence-corrected chi connectivity index (χ2v) is 5.70. The molecule has 1 saturated heterocycles. The van der Waals surface area contributed by atoms with E-state index in [4.69, 9.17) is 4.52 Å². The van der Waals surface area contributed by atoms with Gasteiger partial charge in [0.25, 0.3) is 0 Å². The van der Waals surface area contributed by atoms with Crippen molar-refractivity contribution in [3.8, 4) is 0 Å². The normalized spacial score (nSPS) is 17.6. The number of para-hydroxylation sites is 1. The summed E-state index contributed by atoms with van der Waals surface area (Å²) in [4.78, 5) is 26.4. The van der Waals surface area contributed by atoms with E-state index in [9.17, 15) is 9.59 Å². The second-order valence-electron chi connectivity index (χ2n) is 5.70. The fourth-order valence-electron chi connectivity index (χ4n) is 2.84. The number of hydrogen-bond acceptors (Lipinski definition) is 4. The Morgan fingerprint density at radius 3 is 2.91 bits per heavy atom. The summed E-state index contributed by atoms with van der Waals surface area (Å²) in [5.74, 6) is 0.392. The number of aryl methyl sites for hydroxylation is 2. The van der Waals surface area contributed by atoms with Crippen molar-refractivity contribution in [1.82, 2.24) is 5.16 Å². The Kier molecular flexibility index (Phi) is 4.14. The van der Waals surface area contributed by atoms with Gasteiger partial charge in [-0.25, -0.2) is 0 Å². The molecule has 0 aliphatic carbocycles. The van der Waals surface area contributed by atoms with Crippen LogP contribution < -0.4 is 10.2 Å². The number of amides is 2. The maximum atomic E-state index is 12.3. The van der Waals surface area contributed by atoms with E-state index in [-0.39, 0.29) is 24.2 Å². The molecule has 0 bridgehead atoms. The van der Waals surface area contributed by atoms with Crippen LogP contribution in [0.5, 0.6) is 0 Å². The van der Waals surface area contributed by atoms with E-state index in [0.29, 0.717) is 18.1 Å². The van der Waals surface area contributed by atoms with E-state index in [1.807, 2.05) is 24.3 Å². The van der Waals surface area contributed by atoms with Gasteiger partial charge in [-0.15, -0.1) is 0 Å². The largest absolute Gasteiger partial charge is 0.360 e. The number of nitrogens with one attached hydrogen (secondary N) is 1. The van der Waals surface area contributed by atoms with Crippen LogP contribution >= 0.6 is 0 Å². The highest BCUT2D eigenvalue weighted by molar-refractivity contribution is 6.03. The molecular weight excluding hydrogens is 294 g/mol. The van der Waals surface area contributed by atoms with Crippen LogP contribution in [0, 0.1) is 12.8 Å². The van der Waals surface area contributed by atoms with Gasteiger partial charge in [0.15, 0.2) is 5.82 Å². The van der Waals surface area contributed by atoms with Crippen LogP contribution in [0.1, 0.15) is 24.7 Å². The Bertz CT molecular complexity index is 738. The number of nitrogens with zero attached hydrogens (tertiary/aromatic N) is 2. The third-order valence-corrected chi connectivity index (χ3v) is 4.04.